The number of nitrogens with zero attached hydrogens (tertiary/aromatic N) is 2. The third-order valence-corrected chi connectivity index (χ3v) is 4.91. The van der Waals surface area contributed by atoms with E-state index in [4.69, 9.17) is 4.74 Å². The van der Waals surface area contributed by atoms with Crippen LogP contribution in [0.2, 0.25) is 0 Å². The molecule has 2 heterocycles. The lowest BCUT2D eigenvalue weighted by Gasteiger charge is -2.09. The molecule has 0 spiro atoms. The Hall–Kier alpha value is -2.43. The molecular formula is C21H23N3O. The molecule has 25 heavy (non-hydrogen) atoms. The third-order valence-electron chi connectivity index (χ3n) is 4.91. The van der Waals surface area contributed by atoms with Crippen LogP contribution in [0, 0.1) is 13.8 Å². The quantitative estimate of drug-likeness (QED) is 0.772. The topological polar surface area (TPSA) is 39.1 Å². The first-order chi connectivity index (χ1) is 12.2. The van der Waals surface area contributed by atoms with Gasteiger partial charge in [-0.05, 0) is 48.2 Å². The second-order valence-electron chi connectivity index (χ2n) is 6.65. The van der Waals surface area contributed by atoms with Crippen LogP contribution in [0.5, 0.6) is 0 Å². The van der Waals surface area contributed by atoms with E-state index >= 15 is 0 Å². The first kappa shape index (κ1) is 16.1. The molecule has 1 aliphatic rings. The Kier molecular flexibility index (Phi) is 4.38. The molecule has 0 atom stereocenters. The zero-order valence-electron chi connectivity index (χ0n) is 14.7. The summed E-state index contributed by atoms with van der Waals surface area (Å²) in [7, 11) is 0. The van der Waals surface area contributed by atoms with Crippen LogP contribution < -0.4 is 5.32 Å². The minimum absolute atomic E-state index is 0.748. The fourth-order valence-electron chi connectivity index (χ4n) is 3.22. The highest BCUT2D eigenvalue weighted by atomic mass is 16.5. The summed E-state index contributed by atoms with van der Waals surface area (Å²) >= 11 is 0. The Morgan fingerprint density at radius 1 is 0.960 bits per heavy atom. The number of rotatable bonds is 5. The smallest absolute Gasteiger partial charge is 0.0997 e. The van der Waals surface area contributed by atoms with Crippen LogP contribution in [0.15, 0.2) is 48.8 Å². The molecule has 0 radical (unpaired) electrons. The first-order valence-electron chi connectivity index (χ1n) is 8.70. The summed E-state index contributed by atoms with van der Waals surface area (Å²) in [6, 6.07) is 15.3. The maximum Gasteiger partial charge on any atom is 0.0997 e. The molecule has 0 bridgehead atoms. The van der Waals surface area contributed by atoms with Gasteiger partial charge in [-0.3, -0.25) is 0 Å². The molecule has 4 rings (SSSR count). The van der Waals surface area contributed by atoms with Gasteiger partial charge >= 0.3 is 0 Å². The van der Waals surface area contributed by atoms with E-state index < -0.39 is 0 Å². The summed E-state index contributed by atoms with van der Waals surface area (Å²) in [5.41, 5.74) is 8.66. The molecule has 4 nitrogen and oxygen atoms in total. The highest BCUT2D eigenvalue weighted by Gasteiger charge is 2.10. The summed E-state index contributed by atoms with van der Waals surface area (Å²) in [4.78, 5) is 4.36. The molecule has 2 aromatic carbocycles. The van der Waals surface area contributed by atoms with E-state index in [1.54, 1.807) is 0 Å². The van der Waals surface area contributed by atoms with Crippen molar-refractivity contribution in [3.8, 4) is 5.69 Å². The zero-order valence-corrected chi connectivity index (χ0v) is 14.7. The van der Waals surface area contributed by atoms with E-state index in [2.05, 4.69) is 64.3 Å². The van der Waals surface area contributed by atoms with Crippen LogP contribution in [-0.4, -0.2) is 9.55 Å². The van der Waals surface area contributed by atoms with Gasteiger partial charge in [-0.25, -0.2) is 4.98 Å². The Bertz CT molecular complexity index is 881. The van der Waals surface area contributed by atoms with Crippen LogP contribution in [0.3, 0.4) is 0 Å². The van der Waals surface area contributed by atoms with E-state index in [-0.39, 0.29) is 0 Å². The molecule has 0 unspecified atom stereocenters. The van der Waals surface area contributed by atoms with Gasteiger partial charge in [-0.2, -0.15) is 0 Å². The van der Waals surface area contributed by atoms with Crippen molar-refractivity contribution in [1.82, 2.24) is 14.9 Å². The Morgan fingerprint density at radius 3 is 2.44 bits per heavy atom. The van der Waals surface area contributed by atoms with Crippen LogP contribution in [-0.2, 0) is 31.0 Å². The lowest BCUT2D eigenvalue weighted by molar-refractivity contribution is 0.134. The molecule has 4 heteroatoms. The minimum Gasteiger partial charge on any atom is -0.372 e. The predicted octanol–water partition coefficient (Wildman–Crippen LogP) is 3.81. The molecule has 0 amide bonds. The van der Waals surface area contributed by atoms with Gasteiger partial charge in [0.15, 0.2) is 0 Å². The van der Waals surface area contributed by atoms with Crippen LogP contribution in [0.4, 0.5) is 0 Å². The molecule has 1 aromatic heterocycles. The van der Waals surface area contributed by atoms with Gasteiger partial charge in [-0.15, -0.1) is 0 Å². The number of hydrogen-bond acceptors (Lipinski definition) is 3. The molecule has 0 fully saturated rings. The second kappa shape index (κ2) is 6.82. The van der Waals surface area contributed by atoms with Crippen molar-refractivity contribution in [1.29, 1.82) is 0 Å². The van der Waals surface area contributed by atoms with Crippen molar-refractivity contribution in [2.45, 2.75) is 40.2 Å². The minimum atomic E-state index is 0.748. The van der Waals surface area contributed by atoms with Crippen LogP contribution in [0.1, 0.15) is 33.6 Å². The van der Waals surface area contributed by atoms with Crippen LogP contribution in [0.25, 0.3) is 5.69 Å². The van der Waals surface area contributed by atoms with E-state index in [0.717, 1.165) is 37.7 Å². The van der Waals surface area contributed by atoms with Crippen molar-refractivity contribution in [2.24, 2.45) is 0 Å². The summed E-state index contributed by atoms with van der Waals surface area (Å²) in [6.07, 6.45) is 1.88. The van der Waals surface area contributed by atoms with Gasteiger partial charge in [0.05, 0.1) is 25.2 Å². The number of nitrogens with one attached hydrogen (secondary N) is 1. The third kappa shape index (κ3) is 3.36. The highest BCUT2D eigenvalue weighted by molar-refractivity contribution is 5.37. The van der Waals surface area contributed by atoms with Crippen molar-refractivity contribution < 1.29 is 4.74 Å². The van der Waals surface area contributed by atoms with E-state index in [0.29, 0.717) is 0 Å². The number of imidazole rings is 1. The number of hydrogen-bond donors (Lipinski definition) is 1. The fourth-order valence-corrected chi connectivity index (χ4v) is 3.22. The molecule has 0 saturated carbocycles. The van der Waals surface area contributed by atoms with E-state index in [1.807, 2.05) is 13.3 Å². The summed E-state index contributed by atoms with van der Waals surface area (Å²) in [6.45, 7) is 7.36. The second-order valence-corrected chi connectivity index (χ2v) is 6.65. The summed E-state index contributed by atoms with van der Waals surface area (Å²) < 4.78 is 7.60. The van der Waals surface area contributed by atoms with Gasteiger partial charge in [0.25, 0.3) is 0 Å². The lowest BCUT2D eigenvalue weighted by Crippen LogP contribution is -2.13. The molecule has 128 valence electrons. The average Bonchev–Trinajstić information content (AvgIpc) is 3.23. The van der Waals surface area contributed by atoms with Gasteiger partial charge in [0.2, 0.25) is 0 Å². The van der Waals surface area contributed by atoms with E-state index in [1.165, 1.54) is 27.9 Å². The Labute approximate surface area is 148 Å². The highest BCUT2D eigenvalue weighted by Crippen LogP contribution is 2.21. The fraction of sp³-hybridized carbons (Fsp3) is 0.286. The van der Waals surface area contributed by atoms with Gasteiger partial charge < -0.3 is 14.6 Å². The molecule has 1 N–H and O–H groups in total. The molecule has 0 saturated heterocycles. The maximum absolute atomic E-state index is 5.47. The number of fused-ring (bicyclic) bond motifs is 1. The maximum atomic E-state index is 5.47. The largest absolute Gasteiger partial charge is 0.372 e. The number of aromatic nitrogens is 2. The predicted molar refractivity (Wildman–Crippen MR) is 98.5 cm³/mol. The number of ether oxygens (including phenoxy) is 1. The number of benzene rings is 2. The Balaban J connectivity index is 1.36. The summed E-state index contributed by atoms with van der Waals surface area (Å²) in [5, 5.41) is 3.52. The zero-order chi connectivity index (χ0) is 17.2. The standard InChI is InChI=1S/C21H23N3O/c1-15-16(2)24(14-23-15)21-7-4-17(5-8-21)10-22-11-18-3-6-19-12-25-13-20(19)9-18/h3-9,14,22H,10-13H2,1-2H3. The van der Waals surface area contributed by atoms with Gasteiger partial charge in [-0.1, -0.05) is 30.3 Å². The van der Waals surface area contributed by atoms with Crippen molar-refractivity contribution in [3.05, 3.63) is 82.4 Å². The lowest BCUT2D eigenvalue weighted by atomic mass is 10.1. The number of aryl methyl sites for hydroxylation is 1. The molecule has 1 aliphatic heterocycles. The Morgan fingerprint density at radius 2 is 1.68 bits per heavy atom. The van der Waals surface area contributed by atoms with Gasteiger partial charge in [0, 0.05) is 24.5 Å². The monoisotopic (exact) mass is 333 g/mol. The summed E-state index contributed by atoms with van der Waals surface area (Å²) in [5.74, 6) is 0. The molecule has 3 aromatic rings. The van der Waals surface area contributed by atoms with Gasteiger partial charge in [0.1, 0.15) is 0 Å². The average molecular weight is 333 g/mol. The van der Waals surface area contributed by atoms with E-state index in [9.17, 15) is 0 Å². The molecule has 0 aliphatic carbocycles. The SMILES string of the molecule is Cc1ncn(-c2ccc(CNCc3ccc4c(c3)COC4)cc2)c1C. The normalized spacial score (nSPS) is 13.2. The first-order valence-corrected chi connectivity index (χ1v) is 8.70. The van der Waals surface area contributed by atoms with Crippen LogP contribution >= 0.6 is 0 Å². The van der Waals surface area contributed by atoms with Crippen molar-refractivity contribution >= 4 is 0 Å². The van der Waals surface area contributed by atoms with Crippen molar-refractivity contribution in [3.63, 3.8) is 0 Å². The van der Waals surface area contributed by atoms with Crippen molar-refractivity contribution in [2.75, 3.05) is 0 Å². The molecular weight excluding hydrogens is 310 g/mol.